The van der Waals surface area contributed by atoms with Crippen LogP contribution in [-0.4, -0.2) is 15.9 Å². The molecular weight excluding hydrogens is 246 g/mol. The average Bonchev–Trinajstić information content (AvgIpc) is 2.44. The van der Waals surface area contributed by atoms with Gasteiger partial charge in [-0.25, -0.2) is 4.68 Å². The predicted molar refractivity (Wildman–Crippen MR) is 72.1 cm³/mol. The van der Waals surface area contributed by atoms with Gasteiger partial charge >= 0.3 is 0 Å². The number of rotatable bonds is 4. The topological polar surface area (TPSA) is 92.8 Å². The Hall–Kier alpha value is -2.53. The summed E-state index contributed by atoms with van der Waals surface area (Å²) in [6.07, 6.45) is 0.510. The molecular formula is C12H13N5O2. The van der Waals surface area contributed by atoms with Crippen LogP contribution in [0.25, 0.3) is 21.2 Å². The van der Waals surface area contributed by atoms with Crippen LogP contribution >= 0.6 is 0 Å². The molecule has 1 aromatic heterocycles. The Balaban J connectivity index is 2.52. The molecule has 0 saturated heterocycles. The highest BCUT2D eigenvalue weighted by Crippen LogP contribution is 2.03. The van der Waals surface area contributed by atoms with Crippen molar-refractivity contribution in [2.24, 2.45) is 12.2 Å². The van der Waals surface area contributed by atoms with E-state index in [1.165, 1.54) is 9.36 Å². The Morgan fingerprint density at radius 1 is 1.21 bits per heavy atom. The summed E-state index contributed by atoms with van der Waals surface area (Å²) in [5.41, 5.74) is 7.77. The van der Waals surface area contributed by atoms with Crippen molar-refractivity contribution in [3.8, 4) is 0 Å². The zero-order valence-corrected chi connectivity index (χ0v) is 10.5. The highest BCUT2D eigenvalue weighted by molar-refractivity contribution is 5.80. The molecule has 0 spiro atoms. The molecule has 0 amide bonds. The van der Waals surface area contributed by atoms with Crippen molar-refractivity contribution in [2.75, 3.05) is 6.54 Å². The van der Waals surface area contributed by atoms with E-state index in [0.717, 1.165) is 0 Å². The molecule has 0 radical (unpaired) electrons. The third-order valence-corrected chi connectivity index (χ3v) is 2.97. The Morgan fingerprint density at radius 2 is 1.84 bits per heavy atom. The van der Waals surface area contributed by atoms with E-state index < -0.39 is 0 Å². The number of azide groups is 1. The van der Waals surface area contributed by atoms with Gasteiger partial charge in [-0.05, 0) is 24.1 Å². The van der Waals surface area contributed by atoms with Crippen molar-refractivity contribution >= 4 is 10.8 Å². The molecule has 0 fully saturated rings. The number of benzene rings is 1. The molecule has 0 saturated carbocycles. The Bertz CT molecular complexity index is 768. The second-order valence-electron chi connectivity index (χ2n) is 4.11. The maximum absolute atomic E-state index is 12.3. The first-order valence-corrected chi connectivity index (χ1v) is 5.86. The largest absolute Gasteiger partial charge is 0.273 e. The van der Waals surface area contributed by atoms with Gasteiger partial charge in [0.2, 0.25) is 0 Å². The van der Waals surface area contributed by atoms with Crippen molar-refractivity contribution in [3.05, 3.63) is 55.4 Å². The molecule has 0 aliphatic heterocycles. The zero-order valence-electron chi connectivity index (χ0n) is 10.5. The molecule has 0 bridgehead atoms. The van der Waals surface area contributed by atoms with Gasteiger partial charge < -0.3 is 0 Å². The fourth-order valence-corrected chi connectivity index (χ4v) is 2.00. The number of hydrogen-bond acceptors (Lipinski definition) is 3. The van der Waals surface area contributed by atoms with Crippen molar-refractivity contribution < 1.29 is 0 Å². The molecule has 1 heterocycles. The summed E-state index contributed by atoms with van der Waals surface area (Å²) in [6, 6.07) is 6.75. The van der Waals surface area contributed by atoms with Crippen LogP contribution in [0.1, 0.15) is 6.42 Å². The molecule has 2 aromatic rings. The first-order chi connectivity index (χ1) is 9.16. The van der Waals surface area contributed by atoms with Crippen LogP contribution in [0.4, 0.5) is 0 Å². The lowest BCUT2D eigenvalue weighted by molar-refractivity contribution is 0.458. The minimum Gasteiger partial charge on any atom is -0.267 e. The van der Waals surface area contributed by atoms with E-state index in [4.69, 9.17) is 5.53 Å². The van der Waals surface area contributed by atoms with Gasteiger partial charge in [0.25, 0.3) is 11.1 Å². The summed E-state index contributed by atoms with van der Waals surface area (Å²) in [5.74, 6) is 0. The second-order valence-corrected chi connectivity index (χ2v) is 4.11. The minimum atomic E-state index is -0.210. The van der Waals surface area contributed by atoms with Crippen LogP contribution in [0.2, 0.25) is 0 Å². The van der Waals surface area contributed by atoms with E-state index >= 15 is 0 Å². The molecule has 0 aliphatic rings. The van der Waals surface area contributed by atoms with E-state index in [0.29, 0.717) is 30.3 Å². The minimum absolute atomic E-state index is 0.209. The van der Waals surface area contributed by atoms with E-state index in [1.54, 1.807) is 31.3 Å². The molecule has 7 heteroatoms. The van der Waals surface area contributed by atoms with Crippen LogP contribution in [0.15, 0.2) is 39.0 Å². The molecule has 19 heavy (non-hydrogen) atoms. The highest BCUT2D eigenvalue weighted by Gasteiger charge is 2.09. The average molecular weight is 259 g/mol. The van der Waals surface area contributed by atoms with E-state index in [-0.39, 0.29) is 11.1 Å². The van der Waals surface area contributed by atoms with E-state index in [9.17, 15) is 9.59 Å². The number of hydrogen-bond donors (Lipinski definition) is 0. The van der Waals surface area contributed by atoms with Gasteiger partial charge in [0.05, 0.1) is 10.8 Å². The monoisotopic (exact) mass is 259 g/mol. The zero-order chi connectivity index (χ0) is 13.8. The van der Waals surface area contributed by atoms with E-state index in [1.807, 2.05) is 0 Å². The SMILES string of the molecule is Cn1c(=O)c2ccccc2c(=O)n1CCCN=[N+]=[N-]. The molecule has 0 aliphatic carbocycles. The van der Waals surface area contributed by atoms with Gasteiger partial charge in [-0.15, -0.1) is 0 Å². The van der Waals surface area contributed by atoms with Gasteiger partial charge in [-0.2, -0.15) is 0 Å². The Morgan fingerprint density at radius 3 is 2.47 bits per heavy atom. The summed E-state index contributed by atoms with van der Waals surface area (Å²) < 4.78 is 2.68. The summed E-state index contributed by atoms with van der Waals surface area (Å²) in [4.78, 5) is 27.0. The third-order valence-electron chi connectivity index (χ3n) is 2.97. The molecule has 1 aromatic carbocycles. The molecule has 0 unspecified atom stereocenters. The molecule has 2 rings (SSSR count). The van der Waals surface area contributed by atoms with Crippen LogP contribution in [-0.2, 0) is 13.6 Å². The molecule has 0 atom stereocenters. The number of fused-ring (bicyclic) bond motifs is 1. The number of aromatic nitrogens is 2. The van der Waals surface area contributed by atoms with Crippen LogP contribution in [0.3, 0.4) is 0 Å². The van der Waals surface area contributed by atoms with E-state index in [2.05, 4.69) is 10.0 Å². The van der Waals surface area contributed by atoms with Gasteiger partial charge in [0.1, 0.15) is 0 Å². The van der Waals surface area contributed by atoms with Gasteiger partial charge in [-0.1, -0.05) is 17.2 Å². The Labute approximate surface area is 108 Å². The lowest BCUT2D eigenvalue weighted by Gasteiger charge is -2.12. The first-order valence-electron chi connectivity index (χ1n) is 5.86. The van der Waals surface area contributed by atoms with Gasteiger partial charge in [-0.3, -0.25) is 14.3 Å². The fraction of sp³-hybridized carbons (Fsp3) is 0.333. The fourth-order valence-electron chi connectivity index (χ4n) is 2.00. The van der Waals surface area contributed by atoms with Crippen molar-refractivity contribution in [1.82, 2.24) is 9.36 Å². The summed E-state index contributed by atoms with van der Waals surface area (Å²) in [5, 5.41) is 4.24. The smallest absolute Gasteiger partial charge is 0.267 e. The highest BCUT2D eigenvalue weighted by atomic mass is 16.2. The van der Waals surface area contributed by atoms with Crippen LogP contribution in [0.5, 0.6) is 0 Å². The lowest BCUT2D eigenvalue weighted by atomic mass is 10.2. The maximum Gasteiger partial charge on any atom is 0.273 e. The van der Waals surface area contributed by atoms with Crippen molar-refractivity contribution in [2.45, 2.75) is 13.0 Å². The van der Waals surface area contributed by atoms with Crippen LogP contribution in [0, 0.1) is 0 Å². The maximum atomic E-state index is 12.3. The second kappa shape index (κ2) is 5.41. The molecule has 98 valence electrons. The standard InChI is InChI=1S/C12H13N5O2/c1-16-11(18)9-5-2-3-6-10(9)12(19)17(16)8-4-7-14-15-13/h2-3,5-6H,4,7-8H2,1H3. The normalized spacial score (nSPS) is 10.4. The first kappa shape index (κ1) is 12.9. The predicted octanol–water partition coefficient (Wildman–Crippen LogP) is 1.40. The van der Waals surface area contributed by atoms with Crippen LogP contribution < -0.4 is 11.1 Å². The van der Waals surface area contributed by atoms with Crippen molar-refractivity contribution in [1.29, 1.82) is 0 Å². The van der Waals surface area contributed by atoms with Crippen molar-refractivity contribution in [3.63, 3.8) is 0 Å². The summed E-state index contributed by atoms with van der Waals surface area (Å²) >= 11 is 0. The summed E-state index contributed by atoms with van der Waals surface area (Å²) in [6.45, 7) is 0.637. The van der Waals surface area contributed by atoms with Gasteiger partial charge in [0, 0.05) is 25.0 Å². The quantitative estimate of drug-likeness (QED) is 0.359. The number of nitrogens with zero attached hydrogens (tertiary/aromatic N) is 5. The van der Waals surface area contributed by atoms with Gasteiger partial charge in [0.15, 0.2) is 0 Å². The molecule has 7 nitrogen and oxygen atoms in total. The third kappa shape index (κ3) is 2.36. The summed E-state index contributed by atoms with van der Waals surface area (Å²) in [7, 11) is 1.56. The Kier molecular flexibility index (Phi) is 3.68. The molecule has 0 N–H and O–H groups in total. The lowest BCUT2D eigenvalue weighted by Crippen LogP contribution is -2.37.